The predicted molar refractivity (Wildman–Crippen MR) is 87.0 cm³/mol. The summed E-state index contributed by atoms with van der Waals surface area (Å²) < 4.78 is 0. The Morgan fingerprint density at radius 2 is 1.96 bits per heavy atom. The van der Waals surface area contributed by atoms with Gasteiger partial charge in [0.25, 0.3) is 0 Å². The molecule has 0 aliphatic carbocycles. The lowest BCUT2D eigenvalue weighted by Gasteiger charge is -2.45. The highest BCUT2D eigenvalue weighted by molar-refractivity contribution is 5.88. The Morgan fingerprint density at radius 3 is 2.56 bits per heavy atom. The first-order chi connectivity index (χ1) is 11.8. The Bertz CT molecular complexity index is 712. The highest BCUT2D eigenvalue weighted by atomic mass is 16.4. The summed E-state index contributed by atoms with van der Waals surface area (Å²) in [7, 11) is 1.69. The number of hydrogen-bond acceptors (Lipinski definition) is 5. The molecular weight excluding hydrogens is 326 g/mol. The Balaban J connectivity index is 1.69. The maximum Gasteiger partial charge on any atom is 0.354 e. The maximum absolute atomic E-state index is 12.0. The Labute approximate surface area is 145 Å². The van der Waals surface area contributed by atoms with Crippen molar-refractivity contribution in [2.45, 2.75) is 31.3 Å². The maximum atomic E-state index is 12.0. The molecule has 0 saturated carbocycles. The second kappa shape index (κ2) is 6.44. The van der Waals surface area contributed by atoms with Crippen LogP contribution in [0.15, 0.2) is 18.2 Å². The van der Waals surface area contributed by atoms with Gasteiger partial charge in [0.15, 0.2) is 0 Å². The van der Waals surface area contributed by atoms with Gasteiger partial charge in [-0.05, 0) is 25.0 Å². The zero-order valence-electron chi connectivity index (χ0n) is 14.0. The van der Waals surface area contributed by atoms with E-state index in [0.29, 0.717) is 38.2 Å². The van der Waals surface area contributed by atoms with Crippen LogP contribution in [0, 0.1) is 5.92 Å². The van der Waals surface area contributed by atoms with Gasteiger partial charge in [-0.1, -0.05) is 6.07 Å². The quantitative estimate of drug-likeness (QED) is 0.824. The molecule has 2 N–H and O–H groups in total. The van der Waals surface area contributed by atoms with Gasteiger partial charge in [-0.25, -0.2) is 9.78 Å². The summed E-state index contributed by atoms with van der Waals surface area (Å²) in [6.45, 7) is 1.79. The predicted octanol–water partition coefficient (Wildman–Crippen LogP) is 0.677. The van der Waals surface area contributed by atoms with Gasteiger partial charge in [-0.3, -0.25) is 14.5 Å². The fraction of sp³-hybridized carbons (Fsp3) is 0.529. The number of nitrogens with zero attached hydrogens (tertiary/aromatic N) is 3. The first-order valence-electron chi connectivity index (χ1n) is 8.24. The van der Waals surface area contributed by atoms with E-state index in [0.717, 1.165) is 0 Å². The number of pyridine rings is 1. The van der Waals surface area contributed by atoms with E-state index in [2.05, 4.69) is 9.88 Å². The van der Waals surface area contributed by atoms with E-state index in [1.807, 2.05) is 0 Å². The van der Waals surface area contributed by atoms with Gasteiger partial charge in [0, 0.05) is 33.1 Å². The standard InChI is InChI=1S/C17H21N3O5/c1-19-14(21)9-12(15(22)23)17(19)5-7-20(8-6-17)10-11-3-2-4-13(18-11)16(24)25/h2-4,12H,5-10H2,1H3,(H,22,23)(H,24,25)/t12-/m0/s1. The zero-order chi connectivity index (χ0) is 18.2. The molecule has 25 heavy (non-hydrogen) atoms. The number of carbonyl (C=O) groups excluding carboxylic acids is 1. The summed E-state index contributed by atoms with van der Waals surface area (Å²) in [4.78, 5) is 42.5. The van der Waals surface area contributed by atoms with Crippen LogP contribution in [-0.2, 0) is 16.1 Å². The molecule has 2 aliphatic rings. The molecule has 1 atom stereocenters. The molecule has 8 nitrogen and oxygen atoms in total. The minimum atomic E-state index is -1.06. The summed E-state index contributed by atoms with van der Waals surface area (Å²) in [5.74, 6) is -2.76. The molecule has 1 aromatic rings. The topological polar surface area (TPSA) is 111 Å². The van der Waals surface area contributed by atoms with Crippen LogP contribution < -0.4 is 0 Å². The smallest absolute Gasteiger partial charge is 0.354 e. The van der Waals surface area contributed by atoms with Gasteiger partial charge < -0.3 is 15.1 Å². The van der Waals surface area contributed by atoms with Crippen molar-refractivity contribution < 1.29 is 24.6 Å². The first-order valence-corrected chi connectivity index (χ1v) is 8.24. The minimum Gasteiger partial charge on any atom is -0.481 e. The Hall–Kier alpha value is -2.48. The number of carboxylic acid groups (broad SMARTS) is 2. The first kappa shape index (κ1) is 17.3. The van der Waals surface area contributed by atoms with Crippen LogP contribution in [0.1, 0.15) is 35.4 Å². The third-order valence-electron chi connectivity index (χ3n) is 5.50. The van der Waals surface area contributed by atoms with Crippen molar-refractivity contribution in [2.75, 3.05) is 20.1 Å². The molecule has 2 aliphatic heterocycles. The number of aliphatic carboxylic acids is 1. The lowest BCUT2D eigenvalue weighted by molar-refractivity contribution is -0.146. The van der Waals surface area contributed by atoms with Gasteiger partial charge in [-0.15, -0.1) is 0 Å². The number of carbonyl (C=O) groups is 3. The summed E-state index contributed by atoms with van der Waals surface area (Å²) in [6.07, 6.45) is 1.24. The average molecular weight is 347 g/mol. The normalized spacial score (nSPS) is 23.2. The molecule has 0 radical (unpaired) electrons. The summed E-state index contributed by atoms with van der Waals surface area (Å²) in [5, 5.41) is 18.5. The second-order valence-corrected chi connectivity index (χ2v) is 6.75. The van der Waals surface area contributed by atoms with Crippen LogP contribution in [0.25, 0.3) is 0 Å². The largest absolute Gasteiger partial charge is 0.481 e. The molecule has 1 spiro atoms. The number of aromatic nitrogens is 1. The van der Waals surface area contributed by atoms with Crippen molar-refractivity contribution in [3.8, 4) is 0 Å². The van der Waals surface area contributed by atoms with Gasteiger partial charge in [0.05, 0.1) is 17.2 Å². The molecule has 0 unspecified atom stereocenters. The SMILES string of the molecule is CN1C(=O)C[C@@H](C(=O)O)C12CCN(Cc1cccc(C(=O)O)n1)CC2. The molecule has 1 amide bonds. The second-order valence-electron chi connectivity index (χ2n) is 6.75. The summed E-state index contributed by atoms with van der Waals surface area (Å²) in [5.41, 5.74) is 0.0648. The fourth-order valence-electron chi connectivity index (χ4n) is 4.00. The fourth-order valence-corrected chi connectivity index (χ4v) is 4.00. The lowest BCUT2D eigenvalue weighted by atomic mass is 9.77. The monoisotopic (exact) mass is 347 g/mol. The van der Waals surface area contributed by atoms with Crippen LogP contribution >= 0.6 is 0 Å². The van der Waals surface area contributed by atoms with Crippen molar-refractivity contribution >= 4 is 17.8 Å². The van der Waals surface area contributed by atoms with Gasteiger partial charge in [-0.2, -0.15) is 0 Å². The number of carboxylic acids is 2. The van der Waals surface area contributed by atoms with Crippen LogP contribution in [0.2, 0.25) is 0 Å². The number of aromatic carboxylic acids is 1. The van der Waals surface area contributed by atoms with Crippen molar-refractivity contribution in [3.63, 3.8) is 0 Å². The molecule has 3 rings (SSSR count). The molecule has 2 saturated heterocycles. The van der Waals surface area contributed by atoms with E-state index in [9.17, 15) is 19.5 Å². The third kappa shape index (κ3) is 3.09. The lowest BCUT2D eigenvalue weighted by Crippen LogP contribution is -2.55. The number of hydrogen-bond donors (Lipinski definition) is 2. The van der Waals surface area contributed by atoms with Crippen LogP contribution in [0.3, 0.4) is 0 Å². The number of likely N-dealkylation sites (tertiary alicyclic amines) is 2. The van der Waals surface area contributed by atoms with E-state index in [1.165, 1.54) is 6.07 Å². The van der Waals surface area contributed by atoms with E-state index in [1.54, 1.807) is 24.1 Å². The Kier molecular flexibility index (Phi) is 4.47. The zero-order valence-corrected chi connectivity index (χ0v) is 14.0. The van der Waals surface area contributed by atoms with Gasteiger partial charge in [0.1, 0.15) is 5.69 Å². The number of amides is 1. The minimum absolute atomic E-state index is 0.0121. The molecule has 2 fully saturated rings. The highest BCUT2D eigenvalue weighted by Gasteiger charge is 2.55. The molecule has 1 aromatic heterocycles. The van der Waals surface area contributed by atoms with Crippen LogP contribution in [0.4, 0.5) is 0 Å². The third-order valence-corrected chi connectivity index (χ3v) is 5.50. The van der Waals surface area contributed by atoms with Gasteiger partial charge in [0.2, 0.25) is 5.91 Å². The highest BCUT2D eigenvalue weighted by Crippen LogP contribution is 2.42. The van der Waals surface area contributed by atoms with Crippen molar-refractivity contribution in [1.29, 1.82) is 0 Å². The number of rotatable bonds is 4. The average Bonchev–Trinajstić information content (AvgIpc) is 2.83. The molecule has 0 aromatic carbocycles. The molecule has 134 valence electrons. The van der Waals surface area contributed by atoms with Crippen LogP contribution in [-0.4, -0.2) is 68.5 Å². The van der Waals surface area contributed by atoms with Gasteiger partial charge >= 0.3 is 11.9 Å². The van der Waals surface area contributed by atoms with Crippen molar-refractivity contribution in [2.24, 2.45) is 5.92 Å². The van der Waals surface area contributed by atoms with E-state index in [-0.39, 0.29) is 18.0 Å². The number of piperidine rings is 1. The van der Waals surface area contributed by atoms with Crippen molar-refractivity contribution in [1.82, 2.24) is 14.8 Å². The van der Waals surface area contributed by atoms with E-state index in [4.69, 9.17) is 5.11 Å². The van der Waals surface area contributed by atoms with E-state index >= 15 is 0 Å². The van der Waals surface area contributed by atoms with Crippen LogP contribution in [0.5, 0.6) is 0 Å². The Morgan fingerprint density at radius 1 is 1.28 bits per heavy atom. The molecular formula is C17H21N3O5. The van der Waals surface area contributed by atoms with E-state index < -0.39 is 23.4 Å². The summed E-state index contributed by atoms with van der Waals surface area (Å²) in [6, 6.07) is 4.90. The molecule has 8 heteroatoms. The molecule has 3 heterocycles. The summed E-state index contributed by atoms with van der Waals surface area (Å²) >= 11 is 0. The van der Waals surface area contributed by atoms with Crippen molar-refractivity contribution in [3.05, 3.63) is 29.6 Å². The molecule has 0 bridgehead atoms.